The molecule has 5 nitrogen and oxygen atoms in total. The molecule has 0 spiro atoms. The van der Waals surface area contributed by atoms with Crippen LogP contribution in [0.3, 0.4) is 0 Å². The van der Waals surface area contributed by atoms with Gasteiger partial charge in [-0.05, 0) is 11.1 Å². The van der Waals surface area contributed by atoms with E-state index in [1.165, 1.54) is 12.1 Å². The monoisotopic (exact) mass is 326 g/mol. The minimum absolute atomic E-state index is 0.0348. The van der Waals surface area contributed by atoms with Crippen LogP contribution in [0, 0.1) is 10.1 Å². The van der Waals surface area contributed by atoms with E-state index in [1.54, 1.807) is 0 Å². The Morgan fingerprint density at radius 3 is 2.33 bits per heavy atom. The highest BCUT2D eigenvalue weighted by Gasteiger charge is 2.14. The smallest absolute Gasteiger partial charge is 0.272 e. The predicted octanol–water partition coefficient (Wildman–Crippen LogP) is 4.01. The van der Waals surface area contributed by atoms with Crippen LogP contribution in [0.1, 0.15) is 11.1 Å². The van der Waals surface area contributed by atoms with Gasteiger partial charge in [-0.25, -0.2) is 0 Å². The van der Waals surface area contributed by atoms with Crippen molar-refractivity contribution in [3.8, 4) is 0 Å². The average Bonchev–Trinajstić information content (AvgIpc) is 2.46. The van der Waals surface area contributed by atoms with Crippen molar-refractivity contribution in [2.75, 3.05) is 5.32 Å². The fourth-order valence-corrected chi connectivity index (χ4v) is 2.47. The average molecular weight is 327 g/mol. The first-order valence-corrected chi connectivity index (χ1v) is 6.83. The second-order valence-corrected chi connectivity index (χ2v) is 5.19. The van der Waals surface area contributed by atoms with E-state index in [4.69, 9.17) is 28.3 Å². The lowest BCUT2D eigenvalue weighted by molar-refractivity contribution is -0.384. The number of nitrogens with one attached hydrogen (secondary N) is 1. The number of aliphatic hydroxyl groups is 1. The molecule has 0 heterocycles. The van der Waals surface area contributed by atoms with Crippen LogP contribution in [-0.4, -0.2) is 10.0 Å². The lowest BCUT2D eigenvalue weighted by Gasteiger charge is -2.11. The van der Waals surface area contributed by atoms with Crippen molar-refractivity contribution in [3.05, 3.63) is 67.7 Å². The summed E-state index contributed by atoms with van der Waals surface area (Å²) in [6, 6.07) is 9.89. The Labute approximate surface area is 131 Å². The van der Waals surface area contributed by atoms with Crippen molar-refractivity contribution < 1.29 is 10.0 Å². The summed E-state index contributed by atoms with van der Waals surface area (Å²) >= 11 is 12.0. The first-order chi connectivity index (χ1) is 10.0. The highest BCUT2D eigenvalue weighted by molar-refractivity contribution is 6.39. The molecule has 0 fully saturated rings. The summed E-state index contributed by atoms with van der Waals surface area (Å²) in [5.74, 6) is 0. The molecule has 0 unspecified atom stereocenters. The lowest BCUT2D eigenvalue weighted by Crippen LogP contribution is -2.02. The summed E-state index contributed by atoms with van der Waals surface area (Å²) in [7, 11) is 0. The summed E-state index contributed by atoms with van der Waals surface area (Å²) in [5, 5.41) is 23.2. The molecular weight excluding hydrogens is 315 g/mol. The third-order valence-electron chi connectivity index (χ3n) is 2.88. The molecule has 0 saturated heterocycles. The second-order valence-electron chi connectivity index (χ2n) is 4.37. The van der Waals surface area contributed by atoms with Crippen LogP contribution in [-0.2, 0) is 13.2 Å². The van der Waals surface area contributed by atoms with Crippen LogP contribution in [0.4, 0.5) is 11.4 Å². The maximum Gasteiger partial charge on any atom is 0.272 e. The predicted molar refractivity (Wildman–Crippen MR) is 82.8 cm³/mol. The van der Waals surface area contributed by atoms with Gasteiger partial charge in [-0.15, -0.1) is 0 Å². The Hall–Kier alpha value is -1.82. The molecule has 0 aliphatic rings. The fourth-order valence-electron chi connectivity index (χ4n) is 1.86. The number of anilines is 1. The van der Waals surface area contributed by atoms with E-state index in [9.17, 15) is 10.1 Å². The van der Waals surface area contributed by atoms with Crippen LogP contribution < -0.4 is 5.32 Å². The molecule has 2 N–H and O–H groups in total. The van der Waals surface area contributed by atoms with Crippen molar-refractivity contribution >= 4 is 34.6 Å². The zero-order valence-electron chi connectivity index (χ0n) is 10.8. The van der Waals surface area contributed by atoms with Gasteiger partial charge in [0, 0.05) is 18.7 Å². The Morgan fingerprint density at radius 2 is 1.76 bits per heavy atom. The lowest BCUT2D eigenvalue weighted by atomic mass is 10.1. The first kappa shape index (κ1) is 15.6. The Kier molecular flexibility index (Phi) is 5.01. The van der Waals surface area contributed by atoms with Gasteiger partial charge >= 0.3 is 0 Å². The topological polar surface area (TPSA) is 75.4 Å². The van der Waals surface area contributed by atoms with Gasteiger partial charge in [0.2, 0.25) is 0 Å². The molecule has 2 aromatic rings. The van der Waals surface area contributed by atoms with Crippen molar-refractivity contribution in [1.29, 1.82) is 0 Å². The number of hydrogen-bond donors (Lipinski definition) is 2. The number of hydrogen-bond acceptors (Lipinski definition) is 4. The maximum atomic E-state index is 10.7. The highest BCUT2D eigenvalue weighted by atomic mass is 35.5. The minimum Gasteiger partial charge on any atom is -0.392 e. The number of aliphatic hydroxyl groups excluding tert-OH is 1. The third-order valence-corrected chi connectivity index (χ3v) is 3.48. The fraction of sp³-hybridized carbons (Fsp3) is 0.143. The van der Waals surface area contributed by atoms with Gasteiger partial charge < -0.3 is 10.4 Å². The molecule has 0 aliphatic heterocycles. The summed E-state index contributed by atoms with van der Waals surface area (Å²) in [6.45, 7) is 0.401. The molecule has 0 radical (unpaired) electrons. The van der Waals surface area contributed by atoms with E-state index in [0.29, 0.717) is 12.2 Å². The number of benzene rings is 2. The number of non-ortho nitro benzene ring substituents is 1. The van der Waals surface area contributed by atoms with Crippen LogP contribution >= 0.6 is 23.2 Å². The quantitative estimate of drug-likeness (QED) is 0.643. The van der Waals surface area contributed by atoms with E-state index in [1.807, 2.05) is 24.3 Å². The molecule has 0 amide bonds. The Bertz CT molecular complexity index is 654. The Morgan fingerprint density at radius 1 is 1.14 bits per heavy atom. The van der Waals surface area contributed by atoms with Crippen molar-refractivity contribution in [2.24, 2.45) is 0 Å². The van der Waals surface area contributed by atoms with Crippen molar-refractivity contribution in [3.63, 3.8) is 0 Å². The van der Waals surface area contributed by atoms with Crippen molar-refractivity contribution in [2.45, 2.75) is 13.2 Å². The third kappa shape index (κ3) is 3.85. The van der Waals surface area contributed by atoms with E-state index < -0.39 is 4.92 Å². The van der Waals surface area contributed by atoms with E-state index in [0.717, 1.165) is 11.1 Å². The van der Waals surface area contributed by atoms with Gasteiger partial charge in [0.15, 0.2) is 0 Å². The molecule has 0 aromatic heterocycles. The minimum atomic E-state index is -0.549. The largest absolute Gasteiger partial charge is 0.392 e. The Balaban J connectivity index is 2.18. The van der Waals surface area contributed by atoms with Gasteiger partial charge in [-0.1, -0.05) is 47.5 Å². The van der Waals surface area contributed by atoms with Crippen LogP contribution in [0.15, 0.2) is 36.4 Å². The van der Waals surface area contributed by atoms with Crippen LogP contribution in [0.5, 0.6) is 0 Å². The summed E-state index contributed by atoms with van der Waals surface area (Å²) < 4.78 is 0. The molecule has 0 bridgehead atoms. The zero-order chi connectivity index (χ0) is 15.4. The van der Waals surface area contributed by atoms with Gasteiger partial charge in [0.25, 0.3) is 5.69 Å². The molecule has 21 heavy (non-hydrogen) atoms. The highest BCUT2D eigenvalue weighted by Crippen LogP contribution is 2.34. The van der Waals surface area contributed by atoms with E-state index >= 15 is 0 Å². The summed E-state index contributed by atoms with van der Waals surface area (Å²) in [4.78, 5) is 10.2. The molecule has 110 valence electrons. The molecule has 7 heteroatoms. The molecule has 2 rings (SSSR count). The molecular formula is C14H12Cl2N2O3. The van der Waals surface area contributed by atoms with Gasteiger partial charge in [0.05, 0.1) is 27.3 Å². The molecule has 0 saturated carbocycles. The van der Waals surface area contributed by atoms with Gasteiger partial charge in [-0.3, -0.25) is 10.1 Å². The standard InChI is InChI=1S/C14H12Cl2N2O3/c15-12-5-11(18(20)21)6-13(16)14(12)17-7-9-2-1-3-10(4-9)8-19/h1-6,17,19H,7-8H2. The maximum absolute atomic E-state index is 10.7. The number of halogens is 2. The van der Waals surface area contributed by atoms with Gasteiger partial charge in [-0.2, -0.15) is 0 Å². The molecule has 0 aliphatic carbocycles. The van der Waals surface area contributed by atoms with Crippen LogP contribution in [0.2, 0.25) is 10.0 Å². The number of rotatable bonds is 5. The number of nitro benzene ring substituents is 1. The molecule has 0 atom stereocenters. The SMILES string of the molecule is O=[N+]([O-])c1cc(Cl)c(NCc2cccc(CO)c2)c(Cl)c1. The summed E-state index contributed by atoms with van der Waals surface area (Å²) in [5.41, 5.74) is 2.03. The molecule has 2 aromatic carbocycles. The second kappa shape index (κ2) is 6.76. The summed E-state index contributed by atoms with van der Waals surface area (Å²) in [6.07, 6.45) is 0. The van der Waals surface area contributed by atoms with E-state index in [-0.39, 0.29) is 22.3 Å². The van der Waals surface area contributed by atoms with Crippen molar-refractivity contribution in [1.82, 2.24) is 0 Å². The number of nitrogens with zero attached hydrogens (tertiary/aromatic N) is 1. The van der Waals surface area contributed by atoms with Gasteiger partial charge in [0.1, 0.15) is 0 Å². The number of nitro groups is 1. The first-order valence-electron chi connectivity index (χ1n) is 6.07. The zero-order valence-corrected chi connectivity index (χ0v) is 12.4. The normalized spacial score (nSPS) is 10.4. The van der Waals surface area contributed by atoms with E-state index in [2.05, 4.69) is 5.32 Å². The van der Waals surface area contributed by atoms with Crippen LogP contribution in [0.25, 0.3) is 0 Å².